The molecule has 0 aliphatic carbocycles. The number of carboxylic acid groups (broad SMARTS) is 1. The number of rotatable bonds is 10. The Kier molecular flexibility index (Phi) is 9.29. The Bertz CT molecular complexity index is 1450. The maximum absolute atomic E-state index is 13.5. The van der Waals surface area contributed by atoms with Gasteiger partial charge in [0.2, 0.25) is 0 Å². The van der Waals surface area contributed by atoms with E-state index in [4.69, 9.17) is 21.7 Å². The normalized spacial score (nSPS) is 15.5. The van der Waals surface area contributed by atoms with E-state index in [2.05, 4.69) is 4.98 Å². The van der Waals surface area contributed by atoms with Crippen LogP contribution in [0.15, 0.2) is 54.7 Å². The maximum Gasteiger partial charge on any atom is 0.433 e. The molecule has 2 aromatic carbocycles. The number of nitrogens with zero attached hydrogens (tertiary/aromatic N) is 3. The molecule has 2 heterocycles. The quantitative estimate of drug-likeness (QED) is 0.222. The topological polar surface area (TPSA) is 107 Å². The van der Waals surface area contributed by atoms with Gasteiger partial charge in [0.25, 0.3) is 5.91 Å². The highest BCUT2D eigenvalue weighted by Gasteiger charge is 2.33. The molecule has 0 radical (unpaired) electrons. The van der Waals surface area contributed by atoms with Crippen molar-refractivity contribution < 1.29 is 32.6 Å². The Morgan fingerprint density at radius 3 is 2.68 bits per heavy atom. The average Bonchev–Trinajstić information content (AvgIpc) is 3.43. The van der Waals surface area contributed by atoms with Gasteiger partial charge >= 0.3 is 12.1 Å². The number of carbonyl (C=O) groups excluding carboxylic acids is 1. The van der Waals surface area contributed by atoms with Crippen LogP contribution in [-0.4, -0.2) is 65.9 Å². The van der Waals surface area contributed by atoms with Crippen molar-refractivity contribution >= 4 is 35.4 Å². The molecule has 1 fully saturated rings. The van der Waals surface area contributed by atoms with Crippen LogP contribution in [0.5, 0.6) is 5.75 Å². The van der Waals surface area contributed by atoms with Crippen molar-refractivity contribution in [3.8, 4) is 16.9 Å². The Labute approximate surface area is 239 Å². The summed E-state index contributed by atoms with van der Waals surface area (Å²) in [7, 11) is 1.57. The lowest BCUT2D eigenvalue weighted by Gasteiger charge is -2.23. The molecule has 0 spiro atoms. The Hall–Kier alpha value is -3.96. The van der Waals surface area contributed by atoms with E-state index in [-0.39, 0.29) is 27.3 Å². The highest BCUT2D eigenvalue weighted by molar-refractivity contribution is 6.33. The molecular weight excluding hydrogens is 561 g/mol. The first-order valence-corrected chi connectivity index (χ1v) is 13.2. The first kappa shape index (κ1) is 30.0. The fraction of sp³-hybridized carbons (Fsp3) is 0.310. The number of anilines is 1. The second-order valence-electron chi connectivity index (χ2n) is 9.56. The van der Waals surface area contributed by atoms with Crippen LogP contribution in [0.2, 0.25) is 5.02 Å². The fourth-order valence-electron chi connectivity index (χ4n) is 4.82. The third kappa shape index (κ3) is 6.86. The van der Waals surface area contributed by atoms with Crippen LogP contribution < -0.4 is 9.64 Å². The summed E-state index contributed by atoms with van der Waals surface area (Å²) in [5.74, 6) is -0.772. The molecule has 216 valence electrons. The predicted octanol–water partition coefficient (Wildman–Crippen LogP) is 6.01. The van der Waals surface area contributed by atoms with Crippen LogP contribution >= 0.6 is 11.6 Å². The number of nitrogens with one attached hydrogen (secondary N) is 1. The molecule has 1 aromatic heterocycles. The summed E-state index contributed by atoms with van der Waals surface area (Å²) in [4.78, 5) is 31.7. The Morgan fingerprint density at radius 1 is 1.22 bits per heavy atom. The third-order valence-corrected chi connectivity index (χ3v) is 7.24. The predicted molar refractivity (Wildman–Crippen MR) is 149 cm³/mol. The fourth-order valence-corrected chi connectivity index (χ4v) is 5.04. The number of aromatic nitrogens is 1. The van der Waals surface area contributed by atoms with E-state index in [0.717, 1.165) is 31.4 Å². The van der Waals surface area contributed by atoms with E-state index in [0.29, 0.717) is 37.4 Å². The lowest BCUT2D eigenvalue weighted by molar-refractivity contribution is -0.142. The number of carboxylic acids is 1. The molecule has 1 atom stereocenters. The number of amides is 1. The molecule has 8 nitrogen and oxygen atoms in total. The van der Waals surface area contributed by atoms with Gasteiger partial charge in [0, 0.05) is 53.3 Å². The van der Waals surface area contributed by atoms with Crippen LogP contribution in [0.1, 0.15) is 40.9 Å². The minimum absolute atomic E-state index is 0.0467. The van der Waals surface area contributed by atoms with E-state index in [1.807, 2.05) is 4.90 Å². The number of hydrogen-bond acceptors (Lipinski definition) is 6. The van der Waals surface area contributed by atoms with E-state index < -0.39 is 29.8 Å². The molecule has 1 saturated heterocycles. The standard InChI is InChI=1S/C29H28ClF3N4O4/c1-36(23-6-2-3-8-25(23)41-13-5-12-37-11-4-7-24(37)28(39)40)27(38)18-9-10-22(30)20(14-18)21-17-35-26(29(31,32)33)15-19(21)16-34/h2-3,6,8-10,14-17,24,34H,4-5,7,11-13H2,1H3,(H,39,40)/t24-/m0/s1. The minimum atomic E-state index is -4.68. The number of hydrogen-bond donors (Lipinski definition) is 2. The molecule has 1 amide bonds. The molecule has 1 aliphatic heterocycles. The number of pyridine rings is 1. The van der Waals surface area contributed by atoms with Crippen molar-refractivity contribution in [2.45, 2.75) is 31.5 Å². The number of aliphatic carboxylic acids is 1. The minimum Gasteiger partial charge on any atom is -0.491 e. The molecule has 0 unspecified atom stereocenters. The van der Waals surface area contributed by atoms with Gasteiger partial charge in [-0.15, -0.1) is 0 Å². The number of alkyl halides is 3. The summed E-state index contributed by atoms with van der Waals surface area (Å²) >= 11 is 6.35. The van der Waals surface area contributed by atoms with Gasteiger partial charge in [-0.25, -0.2) is 0 Å². The number of benzene rings is 2. The number of likely N-dealkylation sites (tertiary alicyclic amines) is 1. The van der Waals surface area contributed by atoms with Gasteiger partial charge in [-0.2, -0.15) is 13.2 Å². The highest BCUT2D eigenvalue weighted by atomic mass is 35.5. The Morgan fingerprint density at radius 2 is 1.98 bits per heavy atom. The van der Waals surface area contributed by atoms with Crippen molar-refractivity contribution in [1.29, 1.82) is 5.41 Å². The summed E-state index contributed by atoms with van der Waals surface area (Å²) in [6.45, 7) is 1.63. The lowest BCUT2D eigenvalue weighted by Crippen LogP contribution is -2.37. The summed E-state index contributed by atoms with van der Waals surface area (Å²) in [6.07, 6.45) is -0.818. The Balaban J connectivity index is 1.51. The van der Waals surface area contributed by atoms with Gasteiger partial charge in [0.05, 0.1) is 12.3 Å². The summed E-state index contributed by atoms with van der Waals surface area (Å²) < 4.78 is 45.4. The lowest BCUT2D eigenvalue weighted by atomic mass is 9.99. The monoisotopic (exact) mass is 588 g/mol. The van der Waals surface area contributed by atoms with Crippen molar-refractivity contribution in [3.63, 3.8) is 0 Å². The van der Waals surface area contributed by atoms with E-state index in [1.54, 1.807) is 31.3 Å². The van der Waals surface area contributed by atoms with Gasteiger partial charge in [-0.1, -0.05) is 23.7 Å². The van der Waals surface area contributed by atoms with Crippen molar-refractivity contribution in [1.82, 2.24) is 9.88 Å². The molecule has 3 aromatic rings. The van der Waals surface area contributed by atoms with Gasteiger partial charge in [0.1, 0.15) is 17.5 Å². The first-order valence-electron chi connectivity index (χ1n) is 12.9. The summed E-state index contributed by atoms with van der Waals surface area (Å²) in [6, 6.07) is 11.7. The van der Waals surface area contributed by atoms with E-state index in [1.165, 1.54) is 23.1 Å². The number of halogens is 4. The van der Waals surface area contributed by atoms with Crippen LogP contribution in [0.25, 0.3) is 11.1 Å². The smallest absolute Gasteiger partial charge is 0.433 e. The van der Waals surface area contributed by atoms with Gasteiger partial charge in [0.15, 0.2) is 0 Å². The van der Waals surface area contributed by atoms with Crippen LogP contribution in [0.3, 0.4) is 0 Å². The average molecular weight is 589 g/mol. The SMILES string of the molecule is CN(C(=O)c1ccc(Cl)c(-c2cnc(C(F)(F)F)cc2C=N)c1)c1ccccc1OCCCN1CCC[C@H]1C(=O)O. The van der Waals surface area contributed by atoms with Gasteiger partial charge < -0.3 is 20.2 Å². The third-order valence-electron chi connectivity index (χ3n) is 6.91. The van der Waals surface area contributed by atoms with Crippen LogP contribution in [-0.2, 0) is 11.0 Å². The number of para-hydroxylation sites is 2. The molecule has 2 N–H and O–H groups in total. The molecule has 1 aliphatic rings. The molecular formula is C29H28ClF3N4O4. The van der Waals surface area contributed by atoms with Crippen LogP contribution in [0.4, 0.5) is 18.9 Å². The zero-order chi connectivity index (χ0) is 29.7. The number of ether oxygens (including phenoxy) is 1. The maximum atomic E-state index is 13.5. The zero-order valence-electron chi connectivity index (χ0n) is 22.1. The molecule has 0 saturated carbocycles. The van der Waals surface area contributed by atoms with Crippen molar-refractivity contribution in [3.05, 3.63) is 76.6 Å². The molecule has 12 heteroatoms. The van der Waals surface area contributed by atoms with Crippen molar-refractivity contribution in [2.24, 2.45) is 0 Å². The van der Waals surface area contributed by atoms with Gasteiger partial charge in [-0.3, -0.25) is 19.5 Å². The summed E-state index contributed by atoms with van der Waals surface area (Å²) in [5.41, 5.74) is -0.0312. The van der Waals surface area contributed by atoms with Crippen LogP contribution in [0, 0.1) is 5.41 Å². The van der Waals surface area contributed by atoms with Gasteiger partial charge in [-0.05, 0) is 62.2 Å². The van der Waals surface area contributed by atoms with Crippen molar-refractivity contribution in [2.75, 3.05) is 31.6 Å². The molecule has 41 heavy (non-hydrogen) atoms. The van der Waals surface area contributed by atoms with E-state index in [9.17, 15) is 27.9 Å². The van der Waals surface area contributed by atoms with E-state index >= 15 is 0 Å². The second kappa shape index (κ2) is 12.7. The first-order chi connectivity index (χ1) is 19.5. The second-order valence-corrected chi connectivity index (χ2v) is 9.97. The highest BCUT2D eigenvalue weighted by Crippen LogP contribution is 2.35. The molecule has 0 bridgehead atoms. The zero-order valence-corrected chi connectivity index (χ0v) is 22.9. The summed E-state index contributed by atoms with van der Waals surface area (Å²) in [5, 5.41) is 17.1. The number of carbonyl (C=O) groups is 2. The largest absolute Gasteiger partial charge is 0.491 e. The molecule has 4 rings (SSSR count).